The number of nitrogens with two attached hydrogens (primary N) is 1. The van der Waals surface area contributed by atoms with E-state index in [1.54, 1.807) is 13.4 Å². The van der Waals surface area contributed by atoms with Crippen molar-refractivity contribution in [1.29, 1.82) is 0 Å². The minimum absolute atomic E-state index is 0.105. The van der Waals surface area contributed by atoms with Crippen molar-refractivity contribution in [2.24, 2.45) is 0 Å². The van der Waals surface area contributed by atoms with Crippen LogP contribution in [0.4, 0.5) is 5.95 Å². The number of fused-ring (bicyclic) bond motifs is 1. The molecule has 0 bridgehead atoms. The summed E-state index contributed by atoms with van der Waals surface area (Å²) in [5, 5.41) is 0. The van der Waals surface area contributed by atoms with E-state index in [1.807, 2.05) is 4.57 Å². The van der Waals surface area contributed by atoms with Crippen LogP contribution in [0, 0.1) is 0 Å². The summed E-state index contributed by atoms with van der Waals surface area (Å²) in [6.07, 6.45) is 4.88. The van der Waals surface area contributed by atoms with Crippen LogP contribution in [0.15, 0.2) is 6.33 Å². The molecule has 0 aromatic carbocycles. The Morgan fingerprint density at radius 1 is 1.17 bits per heavy atom. The van der Waals surface area contributed by atoms with Crippen molar-refractivity contribution in [3.63, 3.8) is 0 Å². The number of nitrogens with zero attached hydrogens (tertiary/aromatic N) is 4. The number of imidazole rings is 1. The predicted octanol–water partition coefficient (Wildman–Crippen LogP) is 1.89. The molecule has 0 aliphatic rings. The van der Waals surface area contributed by atoms with Crippen molar-refractivity contribution < 1.29 is 32.9 Å². The maximum atomic E-state index is 11.3. The van der Waals surface area contributed by atoms with Crippen molar-refractivity contribution in [1.82, 2.24) is 19.5 Å². The summed E-state index contributed by atoms with van der Waals surface area (Å²) in [6.45, 7) is 1.63. The van der Waals surface area contributed by atoms with Crippen LogP contribution in [0.3, 0.4) is 0 Å². The fourth-order valence-corrected chi connectivity index (χ4v) is 4.38. The van der Waals surface area contributed by atoms with Gasteiger partial charge in [0.15, 0.2) is 11.2 Å². The quantitative estimate of drug-likeness (QED) is 0.283. The average molecular weight is 450 g/mol. The van der Waals surface area contributed by atoms with Crippen molar-refractivity contribution in [2.75, 3.05) is 38.6 Å². The van der Waals surface area contributed by atoms with Gasteiger partial charge in [-0.1, -0.05) is 12.8 Å². The summed E-state index contributed by atoms with van der Waals surface area (Å²) in [4.78, 5) is 30.1. The van der Waals surface area contributed by atoms with E-state index in [9.17, 15) is 9.13 Å². The number of nitrogen functional groups attached to an aromatic ring is 1. The zero-order valence-corrected chi connectivity index (χ0v) is 17.9. The summed E-state index contributed by atoms with van der Waals surface area (Å²) in [6, 6.07) is 0. The molecule has 29 heavy (non-hydrogen) atoms. The van der Waals surface area contributed by atoms with Crippen LogP contribution in [0.5, 0.6) is 5.88 Å². The lowest BCUT2D eigenvalue weighted by Gasteiger charge is -2.07. The van der Waals surface area contributed by atoms with E-state index in [0.717, 1.165) is 19.3 Å². The summed E-state index contributed by atoms with van der Waals surface area (Å²) in [5.74, 6) is -0.309. The van der Waals surface area contributed by atoms with Gasteiger partial charge in [-0.05, 0) is 17.4 Å². The lowest BCUT2D eigenvalue weighted by atomic mass is 10.2. The third-order valence-corrected chi connectivity index (χ3v) is 6.67. The molecule has 14 heteroatoms. The molecule has 1 atom stereocenters. The Morgan fingerprint density at radius 2 is 1.93 bits per heavy atom. The molecule has 2 aromatic heterocycles. The minimum Gasteiger partial charge on any atom is -0.474 e. The largest absolute Gasteiger partial charge is 0.521 e. The molecule has 0 aliphatic carbocycles. The summed E-state index contributed by atoms with van der Waals surface area (Å²) < 4.78 is 39.4. The smallest absolute Gasteiger partial charge is 0.474 e. The van der Waals surface area contributed by atoms with Gasteiger partial charge in [0.05, 0.1) is 12.9 Å². The Labute approximate surface area is 168 Å². The van der Waals surface area contributed by atoms with E-state index in [1.165, 1.54) is 0 Å². The first kappa shape index (κ1) is 23.6. The van der Waals surface area contributed by atoms with Crippen LogP contribution in [-0.2, 0) is 24.9 Å². The van der Waals surface area contributed by atoms with Gasteiger partial charge in [-0.15, -0.1) is 4.52 Å². The van der Waals surface area contributed by atoms with E-state index >= 15 is 0 Å². The number of hydrogen-bond acceptors (Lipinski definition) is 9. The van der Waals surface area contributed by atoms with E-state index in [4.69, 9.17) is 29.5 Å². The number of rotatable bonds is 14. The van der Waals surface area contributed by atoms with Gasteiger partial charge in [-0.3, -0.25) is 4.57 Å². The molecule has 0 amide bonds. The minimum atomic E-state index is -4.30. The molecule has 0 aliphatic heterocycles. The highest BCUT2D eigenvalue weighted by Crippen LogP contribution is 2.45. The summed E-state index contributed by atoms with van der Waals surface area (Å²) in [5.41, 5.74) is 6.91. The Morgan fingerprint density at radius 3 is 2.66 bits per heavy atom. The highest BCUT2D eigenvalue weighted by atomic mass is 31.2. The lowest BCUT2D eigenvalue weighted by molar-refractivity contribution is 0.144. The molecule has 2 rings (SSSR count). The van der Waals surface area contributed by atoms with Gasteiger partial charge < -0.3 is 29.6 Å². The second-order valence-electron chi connectivity index (χ2n) is 6.22. The van der Waals surface area contributed by atoms with Gasteiger partial charge in [-0.2, -0.15) is 9.97 Å². The molecule has 12 nitrogen and oxygen atoms in total. The van der Waals surface area contributed by atoms with Gasteiger partial charge in [0.1, 0.15) is 13.2 Å². The monoisotopic (exact) mass is 450 g/mol. The Balaban J connectivity index is 1.75. The first-order valence-electron chi connectivity index (χ1n) is 9.02. The van der Waals surface area contributed by atoms with Crippen LogP contribution in [-0.4, -0.2) is 62.1 Å². The highest BCUT2D eigenvalue weighted by Gasteiger charge is 2.30. The molecule has 0 saturated carbocycles. The lowest BCUT2D eigenvalue weighted by Crippen LogP contribution is -2.08. The van der Waals surface area contributed by atoms with E-state index in [-0.39, 0.29) is 12.6 Å². The highest BCUT2D eigenvalue weighted by molar-refractivity contribution is 7.64. The maximum absolute atomic E-state index is 11.3. The van der Waals surface area contributed by atoms with Gasteiger partial charge in [0.25, 0.3) is 5.90 Å². The second-order valence-corrected chi connectivity index (χ2v) is 9.61. The van der Waals surface area contributed by atoms with Crippen LogP contribution >= 0.6 is 15.6 Å². The number of hydrogen-bond donors (Lipinski definition) is 3. The molecular weight excluding hydrogens is 424 g/mol. The van der Waals surface area contributed by atoms with E-state index in [2.05, 4.69) is 15.0 Å². The molecule has 1 unspecified atom stereocenters. The molecule has 0 saturated heterocycles. The molecule has 2 heterocycles. The van der Waals surface area contributed by atoms with Crippen molar-refractivity contribution in [3.05, 3.63) is 6.33 Å². The standard InChI is InChI=1S/C15H25N5O7P2/c1-25-8-9-26-14-12-13(18-15(16)19-14)20(10-17-12)6-4-2-3-5-7-27-28(21)11-29(22,23)24/h10H,2-9,11H2,1H3,(H3-,16,18,19,22,23,24)/p+1. The topological polar surface area (TPSA) is 172 Å². The van der Waals surface area contributed by atoms with Gasteiger partial charge in [0.2, 0.25) is 11.8 Å². The van der Waals surface area contributed by atoms with Crippen LogP contribution in [0.2, 0.25) is 0 Å². The Kier molecular flexibility index (Phi) is 9.35. The van der Waals surface area contributed by atoms with Gasteiger partial charge in [0, 0.05) is 13.7 Å². The van der Waals surface area contributed by atoms with Crippen LogP contribution in [0.25, 0.3) is 11.2 Å². The summed E-state index contributed by atoms with van der Waals surface area (Å²) in [7, 11) is -5.05. The maximum Gasteiger partial charge on any atom is 0.521 e. The van der Waals surface area contributed by atoms with Gasteiger partial charge in [-0.25, -0.2) is 4.98 Å². The van der Waals surface area contributed by atoms with E-state index in [0.29, 0.717) is 43.2 Å². The average Bonchev–Trinajstić information content (AvgIpc) is 3.02. The molecule has 162 valence electrons. The molecule has 4 N–H and O–H groups in total. The zero-order chi connectivity index (χ0) is 21.3. The molecule has 0 fully saturated rings. The number of aromatic nitrogens is 4. The third-order valence-electron chi connectivity index (χ3n) is 3.80. The molecule has 0 spiro atoms. The van der Waals surface area contributed by atoms with Crippen molar-refractivity contribution >= 4 is 32.7 Å². The second kappa shape index (κ2) is 11.5. The fraction of sp³-hybridized carbons (Fsp3) is 0.667. The SMILES string of the molecule is COCCOc1nc(N)nc2c1ncn2CCCCCCO[P+](=O)CP(=O)(O)O. The summed E-state index contributed by atoms with van der Waals surface area (Å²) >= 11 is 0. The normalized spacial score (nSPS) is 12.4. The molecule has 2 aromatic rings. The third kappa shape index (κ3) is 8.30. The van der Waals surface area contributed by atoms with Crippen molar-refractivity contribution in [3.8, 4) is 5.88 Å². The number of ether oxygens (including phenoxy) is 2. The van der Waals surface area contributed by atoms with Crippen LogP contribution < -0.4 is 10.5 Å². The molecule has 0 radical (unpaired) electrons. The fourth-order valence-electron chi connectivity index (χ4n) is 2.52. The number of anilines is 1. The Bertz CT molecular complexity index is 857. The Hall–Kier alpha value is -1.68. The number of aryl methyl sites for hydroxylation is 1. The first-order valence-corrected chi connectivity index (χ1v) is 12.2. The zero-order valence-electron chi connectivity index (χ0n) is 16.1. The van der Waals surface area contributed by atoms with Gasteiger partial charge >= 0.3 is 15.6 Å². The number of methoxy groups -OCH3 is 1. The van der Waals surface area contributed by atoms with Crippen molar-refractivity contribution in [2.45, 2.75) is 32.2 Å². The number of unbranched alkanes of at least 4 members (excludes halogenated alkanes) is 3. The molecular formula is C15H26N5O7P2+. The van der Waals surface area contributed by atoms with E-state index < -0.39 is 21.5 Å². The van der Waals surface area contributed by atoms with Crippen LogP contribution in [0.1, 0.15) is 25.7 Å². The first-order chi connectivity index (χ1) is 13.8. The predicted molar refractivity (Wildman–Crippen MR) is 106 cm³/mol.